The second-order valence-electron chi connectivity index (χ2n) is 3.47. The first-order chi connectivity index (χ1) is 6.72. The summed E-state index contributed by atoms with van der Waals surface area (Å²) < 4.78 is 0. The van der Waals surface area contributed by atoms with E-state index in [1.165, 1.54) is 5.56 Å². The molecule has 0 saturated heterocycles. The summed E-state index contributed by atoms with van der Waals surface area (Å²) in [6, 6.07) is 8.06. The van der Waals surface area contributed by atoms with Crippen LogP contribution in [0.3, 0.4) is 0 Å². The molecule has 14 heavy (non-hydrogen) atoms. The lowest BCUT2D eigenvalue weighted by atomic mass is 10.1. The molecular weight excluding hydrogens is 176 g/mol. The molecule has 0 amide bonds. The van der Waals surface area contributed by atoms with Crippen molar-refractivity contribution in [1.29, 1.82) is 0 Å². The van der Waals surface area contributed by atoms with E-state index < -0.39 is 0 Å². The Hall–Kier alpha value is -1.44. The topological polar surface area (TPSA) is 32.7 Å². The molecule has 0 fully saturated rings. The first-order valence-electron chi connectivity index (χ1n) is 4.48. The average molecular weight is 190 g/mol. The zero-order valence-corrected chi connectivity index (χ0v) is 8.53. The van der Waals surface area contributed by atoms with Crippen molar-refractivity contribution in [2.75, 3.05) is 14.1 Å². The van der Waals surface area contributed by atoms with E-state index in [9.17, 15) is 4.79 Å². The SMILES string of the molecule is CN(C)Cc1cccc(CN=C=O)c1. The first kappa shape index (κ1) is 10.6. The minimum Gasteiger partial charge on any atom is -0.305 e. The Morgan fingerprint density at radius 1 is 1.36 bits per heavy atom. The Kier molecular flexibility index (Phi) is 4.05. The minimum absolute atomic E-state index is 0.421. The fourth-order valence-electron chi connectivity index (χ4n) is 1.32. The fraction of sp³-hybridized carbons (Fsp3) is 0.364. The Labute approximate surface area is 84.1 Å². The van der Waals surface area contributed by atoms with Crippen LogP contribution in [0.15, 0.2) is 29.3 Å². The van der Waals surface area contributed by atoms with Crippen LogP contribution in [0.2, 0.25) is 0 Å². The molecule has 0 unspecified atom stereocenters. The van der Waals surface area contributed by atoms with Gasteiger partial charge in [0.25, 0.3) is 0 Å². The van der Waals surface area contributed by atoms with E-state index in [1.807, 2.05) is 26.2 Å². The summed E-state index contributed by atoms with van der Waals surface area (Å²) in [4.78, 5) is 15.6. The summed E-state index contributed by atoms with van der Waals surface area (Å²) in [5, 5.41) is 0. The molecule has 0 aliphatic heterocycles. The number of hydrogen-bond donors (Lipinski definition) is 0. The van der Waals surface area contributed by atoms with E-state index in [2.05, 4.69) is 22.0 Å². The van der Waals surface area contributed by atoms with Crippen LogP contribution in [0.1, 0.15) is 11.1 Å². The third kappa shape index (κ3) is 3.52. The molecule has 0 saturated carbocycles. The fourth-order valence-corrected chi connectivity index (χ4v) is 1.32. The summed E-state index contributed by atoms with van der Waals surface area (Å²) in [5.41, 5.74) is 2.28. The van der Waals surface area contributed by atoms with Gasteiger partial charge in [-0.3, -0.25) is 0 Å². The third-order valence-electron chi connectivity index (χ3n) is 1.82. The van der Waals surface area contributed by atoms with Gasteiger partial charge in [-0.15, -0.1) is 0 Å². The van der Waals surface area contributed by atoms with Gasteiger partial charge in [0.2, 0.25) is 6.08 Å². The van der Waals surface area contributed by atoms with E-state index in [1.54, 1.807) is 6.08 Å². The van der Waals surface area contributed by atoms with E-state index in [0.717, 1.165) is 12.1 Å². The molecule has 0 heterocycles. The van der Waals surface area contributed by atoms with Crippen LogP contribution in [0.4, 0.5) is 0 Å². The van der Waals surface area contributed by atoms with Crippen molar-refractivity contribution in [1.82, 2.24) is 4.90 Å². The zero-order chi connectivity index (χ0) is 10.4. The van der Waals surface area contributed by atoms with Crippen molar-refractivity contribution in [3.05, 3.63) is 35.4 Å². The lowest BCUT2D eigenvalue weighted by Crippen LogP contribution is -2.10. The van der Waals surface area contributed by atoms with Crippen molar-refractivity contribution < 1.29 is 4.79 Å². The predicted octanol–water partition coefficient (Wildman–Crippen LogP) is 1.58. The molecule has 0 aliphatic carbocycles. The van der Waals surface area contributed by atoms with Gasteiger partial charge in [0, 0.05) is 6.54 Å². The maximum Gasteiger partial charge on any atom is 0.235 e. The second kappa shape index (κ2) is 5.32. The standard InChI is InChI=1S/C11H14N2O/c1-13(2)8-11-5-3-4-10(6-11)7-12-9-14/h3-6H,7-8H2,1-2H3. The lowest BCUT2D eigenvalue weighted by Gasteiger charge is -2.09. The van der Waals surface area contributed by atoms with Gasteiger partial charge >= 0.3 is 0 Å². The number of hydrogen-bond acceptors (Lipinski definition) is 3. The van der Waals surface area contributed by atoms with Gasteiger partial charge in [0.05, 0.1) is 6.54 Å². The van der Waals surface area contributed by atoms with Crippen molar-refractivity contribution in [2.45, 2.75) is 13.1 Å². The molecule has 1 rings (SSSR count). The maximum absolute atomic E-state index is 9.94. The smallest absolute Gasteiger partial charge is 0.235 e. The molecule has 0 bridgehead atoms. The highest BCUT2D eigenvalue weighted by atomic mass is 16.1. The molecule has 0 aromatic heterocycles. The number of carbonyl (C=O) groups excluding carboxylic acids is 1. The van der Waals surface area contributed by atoms with Gasteiger partial charge in [-0.2, -0.15) is 0 Å². The molecule has 74 valence electrons. The van der Waals surface area contributed by atoms with Gasteiger partial charge in [-0.05, 0) is 25.2 Å². The van der Waals surface area contributed by atoms with Crippen LogP contribution < -0.4 is 0 Å². The van der Waals surface area contributed by atoms with Gasteiger partial charge in [0.1, 0.15) is 0 Å². The number of aliphatic imine (C=N–C) groups is 1. The highest BCUT2D eigenvalue weighted by Gasteiger charge is 1.96. The van der Waals surface area contributed by atoms with Gasteiger partial charge in [-0.1, -0.05) is 24.3 Å². The van der Waals surface area contributed by atoms with Crippen LogP contribution in [-0.4, -0.2) is 25.1 Å². The number of rotatable bonds is 4. The molecule has 0 atom stereocenters. The zero-order valence-electron chi connectivity index (χ0n) is 8.53. The van der Waals surface area contributed by atoms with E-state index >= 15 is 0 Å². The molecule has 0 radical (unpaired) electrons. The molecular formula is C11H14N2O. The molecule has 3 nitrogen and oxygen atoms in total. The average Bonchev–Trinajstić information content (AvgIpc) is 2.14. The number of benzene rings is 1. The van der Waals surface area contributed by atoms with Gasteiger partial charge < -0.3 is 4.90 Å². The highest BCUT2D eigenvalue weighted by molar-refractivity contribution is 5.34. The van der Waals surface area contributed by atoms with Crippen molar-refractivity contribution >= 4 is 6.08 Å². The quantitative estimate of drug-likeness (QED) is 0.533. The van der Waals surface area contributed by atoms with E-state index in [-0.39, 0.29) is 0 Å². The summed E-state index contributed by atoms with van der Waals surface area (Å²) >= 11 is 0. The lowest BCUT2D eigenvalue weighted by molar-refractivity contribution is 0.402. The summed E-state index contributed by atoms with van der Waals surface area (Å²) in [6.45, 7) is 1.32. The highest BCUT2D eigenvalue weighted by Crippen LogP contribution is 2.07. The Morgan fingerprint density at radius 2 is 2.07 bits per heavy atom. The Balaban J connectivity index is 2.73. The Morgan fingerprint density at radius 3 is 2.71 bits per heavy atom. The molecule has 1 aromatic carbocycles. The molecule has 0 N–H and O–H groups in total. The third-order valence-corrected chi connectivity index (χ3v) is 1.82. The minimum atomic E-state index is 0.421. The summed E-state index contributed by atoms with van der Waals surface area (Å²) in [5.74, 6) is 0. The maximum atomic E-state index is 9.94. The first-order valence-corrected chi connectivity index (χ1v) is 4.48. The van der Waals surface area contributed by atoms with E-state index in [4.69, 9.17) is 0 Å². The molecule has 3 heteroatoms. The van der Waals surface area contributed by atoms with Crippen LogP contribution in [0, 0.1) is 0 Å². The number of nitrogens with zero attached hydrogens (tertiary/aromatic N) is 2. The molecule has 1 aromatic rings. The van der Waals surface area contributed by atoms with Gasteiger partial charge in [-0.25, -0.2) is 9.79 Å². The van der Waals surface area contributed by atoms with Crippen molar-refractivity contribution in [3.8, 4) is 0 Å². The van der Waals surface area contributed by atoms with Crippen molar-refractivity contribution in [2.24, 2.45) is 4.99 Å². The van der Waals surface area contributed by atoms with Gasteiger partial charge in [0.15, 0.2) is 0 Å². The largest absolute Gasteiger partial charge is 0.305 e. The number of isocyanates is 1. The van der Waals surface area contributed by atoms with Crippen LogP contribution >= 0.6 is 0 Å². The normalized spacial score (nSPS) is 9.93. The van der Waals surface area contributed by atoms with Crippen molar-refractivity contribution in [3.63, 3.8) is 0 Å². The molecule has 0 spiro atoms. The van der Waals surface area contributed by atoms with Crippen LogP contribution in [0.25, 0.3) is 0 Å². The second-order valence-corrected chi connectivity index (χ2v) is 3.47. The monoisotopic (exact) mass is 190 g/mol. The summed E-state index contributed by atoms with van der Waals surface area (Å²) in [7, 11) is 4.05. The Bertz CT molecular complexity index is 341. The van der Waals surface area contributed by atoms with Crippen LogP contribution in [-0.2, 0) is 17.9 Å². The molecule has 0 aliphatic rings. The predicted molar refractivity (Wildman–Crippen MR) is 55.7 cm³/mol. The summed E-state index contributed by atoms with van der Waals surface area (Å²) in [6.07, 6.45) is 1.54. The van der Waals surface area contributed by atoms with Crippen LogP contribution in [0.5, 0.6) is 0 Å². The van der Waals surface area contributed by atoms with E-state index in [0.29, 0.717) is 6.54 Å².